The topological polar surface area (TPSA) is 68.3 Å². The van der Waals surface area contributed by atoms with Gasteiger partial charge < -0.3 is 15.2 Å². The molecule has 3 N–H and O–H groups in total. The lowest BCUT2D eigenvalue weighted by molar-refractivity contribution is 0.0452. The molecule has 0 aliphatic heterocycles. The molecule has 0 saturated carbocycles. The standard InChI is InChI=1S/C12H17FN2O2/c1-2-16-5-6-17-8-9-3-4-10(13)7-11(9)12(14)15/h3-4,7H,2,5-6,8H2,1H3,(H3,14,15). The minimum atomic E-state index is -0.409. The van der Waals surface area contributed by atoms with Crippen molar-refractivity contribution in [3.05, 3.63) is 35.1 Å². The van der Waals surface area contributed by atoms with E-state index < -0.39 is 5.82 Å². The molecule has 5 heteroatoms. The molecule has 94 valence electrons. The molecule has 0 heterocycles. The molecule has 0 unspecified atom stereocenters. The number of benzene rings is 1. The van der Waals surface area contributed by atoms with Crippen molar-refractivity contribution in [2.75, 3.05) is 19.8 Å². The molecule has 0 fully saturated rings. The van der Waals surface area contributed by atoms with Crippen LogP contribution < -0.4 is 5.73 Å². The maximum Gasteiger partial charge on any atom is 0.123 e. The van der Waals surface area contributed by atoms with Gasteiger partial charge in [0, 0.05) is 12.2 Å². The number of nitrogens with one attached hydrogen (secondary N) is 1. The second-order valence-electron chi connectivity index (χ2n) is 3.46. The van der Waals surface area contributed by atoms with Crippen LogP contribution in [0.4, 0.5) is 4.39 Å². The largest absolute Gasteiger partial charge is 0.384 e. The molecule has 0 bridgehead atoms. The van der Waals surface area contributed by atoms with E-state index >= 15 is 0 Å². The van der Waals surface area contributed by atoms with Crippen molar-refractivity contribution in [1.29, 1.82) is 5.41 Å². The zero-order valence-electron chi connectivity index (χ0n) is 9.83. The summed E-state index contributed by atoms with van der Waals surface area (Å²) in [5.74, 6) is -0.568. The Bertz CT molecular complexity index is 383. The van der Waals surface area contributed by atoms with Gasteiger partial charge in [0.25, 0.3) is 0 Å². The van der Waals surface area contributed by atoms with Gasteiger partial charge >= 0.3 is 0 Å². The molecular formula is C12H17FN2O2. The minimum Gasteiger partial charge on any atom is -0.384 e. The van der Waals surface area contributed by atoms with Crippen LogP contribution in [0, 0.1) is 11.2 Å². The fourth-order valence-corrected chi connectivity index (χ4v) is 1.37. The Balaban J connectivity index is 2.55. The van der Waals surface area contributed by atoms with Gasteiger partial charge in [-0.25, -0.2) is 4.39 Å². The molecule has 0 saturated heterocycles. The van der Waals surface area contributed by atoms with E-state index in [0.29, 0.717) is 37.6 Å². The minimum absolute atomic E-state index is 0.159. The summed E-state index contributed by atoms with van der Waals surface area (Å²) in [7, 11) is 0. The van der Waals surface area contributed by atoms with Crippen molar-refractivity contribution < 1.29 is 13.9 Å². The molecule has 0 aliphatic rings. The van der Waals surface area contributed by atoms with Crippen LogP contribution in [-0.2, 0) is 16.1 Å². The molecule has 0 aliphatic carbocycles. The van der Waals surface area contributed by atoms with Gasteiger partial charge in [0.2, 0.25) is 0 Å². The van der Waals surface area contributed by atoms with E-state index in [2.05, 4.69) is 0 Å². The lowest BCUT2D eigenvalue weighted by Crippen LogP contribution is -2.15. The second kappa shape index (κ2) is 6.98. The number of amidine groups is 1. The number of nitrogens with two attached hydrogens (primary N) is 1. The van der Waals surface area contributed by atoms with E-state index in [4.69, 9.17) is 20.6 Å². The molecule has 0 aromatic heterocycles. The van der Waals surface area contributed by atoms with Gasteiger partial charge in [-0.05, 0) is 24.6 Å². The lowest BCUT2D eigenvalue weighted by atomic mass is 10.1. The van der Waals surface area contributed by atoms with Crippen LogP contribution >= 0.6 is 0 Å². The van der Waals surface area contributed by atoms with E-state index in [1.165, 1.54) is 12.1 Å². The molecule has 1 rings (SSSR count). The Morgan fingerprint density at radius 1 is 1.35 bits per heavy atom. The van der Waals surface area contributed by atoms with Crippen molar-refractivity contribution in [3.8, 4) is 0 Å². The van der Waals surface area contributed by atoms with Crippen molar-refractivity contribution in [2.45, 2.75) is 13.5 Å². The van der Waals surface area contributed by atoms with E-state index in [9.17, 15) is 4.39 Å². The zero-order valence-corrected chi connectivity index (χ0v) is 9.83. The highest BCUT2D eigenvalue weighted by Crippen LogP contribution is 2.12. The highest BCUT2D eigenvalue weighted by atomic mass is 19.1. The fourth-order valence-electron chi connectivity index (χ4n) is 1.37. The van der Waals surface area contributed by atoms with Crippen molar-refractivity contribution in [1.82, 2.24) is 0 Å². The summed E-state index contributed by atoms with van der Waals surface area (Å²) in [5.41, 5.74) is 6.45. The van der Waals surface area contributed by atoms with Crippen LogP contribution in [0.5, 0.6) is 0 Å². The predicted molar refractivity (Wildman–Crippen MR) is 63.6 cm³/mol. The SMILES string of the molecule is CCOCCOCc1ccc(F)cc1C(=N)N. The van der Waals surface area contributed by atoms with Crippen LogP contribution in [0.3, 0.4) is 0 Å². The fraction of sp³-hybridized carbons (Fsp3) is 0.417. The third kappa shape index (κ3) is 4.50. The quantitative estimate of drug-likeness (QED) is 0.432. The van der Waals surface area contributed by atoms with Crippen molar-refractivity contribution in [3.63, 3.8) is 0 Å². The van der Waals surface area contributed by atoms with Crippen molar-refractivity contribution in [2.24, 2.45) is 5.73 Å². The number of rotatable bonds is 7. The average molecular weight is 240 g/mol. The molecule has 0 radical (unpaired) electrons. The number of hydrogen-bond acceptors (Lipinski definition) is 3. The second-order valence-corrected chi connectivity index (χ2v) is 3.46. The average Bonchev–Trinajstić information content (AvgIpc) is 2.30. The van der Waals surface area contributed by atoms with Crippen molar-refractivity contribution >= 4 is 5.84 Å². The van der Waals surface area contributed by atoms with E-state index in [-0.39, 0.29) is 5.84 Å². The Morgan fingerprint density at radius 2 is 2.06 bits per heavy atom. The Hall–Kier alpha value is -1.46. The molecule has 1 aromatic rings. The first kappa shape index (κ1) is 13.6. The van der Waals surface area contributed by atoms with Crippen LogP contribution in [0.2, 0.25) is 0 Å². The van der Waals surface area contributed by atoms with E-state index in [0.717, 1.165) is 0 Å². The third-order valence-electron chi connectivity index (χ3n) is 2.20. The molecule has 4 nitrogen and oxygen atoms in total. The van der Waals surface area contributed by atoms with E-state index in [1.807, 2.05) is 6.92 Å². The van der Waals surface area contributed by atoms with Gasteiger partial charge in [-0.3, -0.25) is 5.41 Å². The summed E-state index contributed by atoms with van der Waals surface area (Å²) < 4.78 is 23.5. The third-order valence-corrected chi connectivity index (χ3v) is 2.20. The highest BCUT2D eigenvalue weighted by molar-refractivity contribution is 5.96. The van der Waals surface area contributed by atoms with E-state index in [1.54, 1.807) is 6.07 Å². The summed E-state index contributed by atoms with van der Waals surface area (Å²) >= 11 is 0. The number of ether oxygens (including phenoxy) is 2. The first-order valence-corrected chi connectivity index (χ1v) is 5.43. The smallest absolute Gasteiger partial charge is 0.123 e. The summed E-state index contributed by atoms with van der Waals surface area (Å²) in [6, 6.07) is 4.14. The van der Waals surface area contributed by atoms with Gasteiger partial charge in [0.15, 0.2) is 0 Å². The van der Waals surface area contributed by atoms with Crippen LogP contribution in [-0.4, -0.2) is 25.7 Å². The van der Waals surface area contributed by atoms with Gasteiger partial charge in [-0.1, -0.05) is 6.07 Å². The van der Waals surface area contributed by atoms with Crippen LogP contribution in [0.25, 0.3) is 0 Å². The first-order chi connectivity index (χ1) is 8.15. The number of halogens is 1. The summed E-state index contributed by atoms with van der Waals surface area (Å²) in [6.07, 6.45) is 0. The normalized spacial score (nSPS) is 10.5. The summed E-state index contributed by atoms with van der Waals surface area (Å²) in [6.45, 7) is 3.84. The van der Waals surface area contributed by atoms with Gasteiger partial charge in [-0.2, -0.15) is 0 Å². The number of nitrogen functional groups attached to an aromatic ring is 1. The van der Waals surface area contributed by atoms with Gasteiger partial charge in [0.1, 0.15) is 11.7 Å². The predicted octanol–water partition coefficient (Wildman–Crippen LogP) is 1.66. The maximum absolute atomic E-state index is 13.0. The van der Waals surface area contributed by atoms with Crippen LogP contribution in [0.15, 0.2) is 18.2 Å². The summed E-state index contributed by atoms with van der Waals surface area (Å²) in [5, 5.41) is 7.35. The molecule has 0 spiro atoms. The van der Waals surface area contributed by atoms with Gasteiger partial charge in [0.05, 0.1) is 19.8 Å². The Labute approximate surface area is 100 Å². The molecular weight excluding hydrogens is 223 g/mol. The first-order valence-electron chi connectivity index (χ1n) is 5.43. The maximum atomic E-state index is 13.0. The Kier molecular flexibility index (Phi) is 5.59. The molecule has 17 heavy (non-hydrogen) atoms. The molecule has 1 aromatic carbocycles. The number of hydrogen-bond donors (Lipinski definition) is 2. The lowest BCUT2D eigenvalue weighted by Gasteiger charge is -2.09. The highest BCUT2D eigenvalue weighted by Gasteiger charge is 2.06. The monoisotopic (exact) mass is 240 g/mol. The molecule has 0 atom stereocenters. The molecule has 0 amide bonds. The van der Waals surface area contributed by atoms with Gasteiger partial charge in [-0.15, -0.1) is 0 Å². The van der Waals surface area contributed by atoms with Crippen LogP contribution in [0.1, 0.15) is 18.1 Å². The Morgan fingerprint density at radius 3 is 2.71 bits per heavy atom. The summed E-state index contributed by atoms with van der Waals surface area (Å²) in [4.78, 5) is 0. The zero-order chi connectivity index (χ0) is 12.7.